The van der Waals surface area contributed by atoms with Gasteiger partial charge in [0.2, 0.25) is 5.91 Å². The van der Waals surface area contributed by atoms with Crippen LogP contribution in [0.25, 0.3) is 0 Å². The second-order valence-corrected chi connectivity index (χ2v) is 5.90. The molecule has 0 aromatic carbocycles. The average molecular weight is 274 g/mol. The maximum Gasteiger partial charge on any atom is 0.304 e. The van der Waals surface area contributed by atoms with E-state index in [0.717, 1.165) is 31.0 Å². The summed E-state index contributed by atoms with van der Waals surface area (Å²) < 4.78 is 0. The van der Waals surface area contributed by atoms with E-state index in [1.807, 2.05) is 11.8 Å². The van der Waals surface area contributed by atoms with Gasteiger partial charge in [-0.2, -0.15) is 11.8 Å². The number of carbonyl (C=O) groups is 2. The highest BCUT2D eigenvalue weighted by Crippen LogP contribution is 2.19. The van der Waals surface area contributed by atoms with E-state index in [-0.39, 0.29) is 18.4 Å². The van der Waals surface area contributed by atoms with E-state index in [1.165, 1.54) is 0 Å². The van der Waals surface area contributed by atoms with Crippen molar-refractivity contribution in [2.45, 2.75) is 25.3 Å². The van der Waals surface area contributed by atoms with Crippen LogP contribution in [0.3, 0.4) is 0 Å². The van der Waals surface area contributed by atoms with Crippen molar-refractivity contribution in [3.05, 3.63) is 0 Å². The molecule has 1 saturated heterocycles. The summed E-state index contributed by atoms with van der Waals surface area (Å²) in [6, 6.07) is 0.121. The lowest BCUT2D eigenvalue weighted by Crippen LogP contribution is -2.44. The van der Waals surface area contributed by atoms with Crippen molar-refractivity contribution < 1.29 is 14.7 Å². The highest BCUT2D eigenvalue weighted by molar-refractivity contribution is 7.99. The van der Waals surface area contributed by atoms with Gasteiger partial charge in [0.1, 0.15) is 0 Å². The highest BCUT2D eigenvalue weighted by Gasteiger charge is 2.24. The molecule has 0 radical (unpaired) electrons. The summed E-state index contributed by atoms with van der Waals surface area (Å²) in [4.78, 5) is 26.1. The van der Waals surface area contributed by atoms with Gasteiger partial charge in [0.05, 0.1) is 6.42 Å². The van der Waals surface area contributed by atoms with E-state index in [9.17, 15) is 9.59 Å². The average Bonchev–Trinajstić information content (AvgIpc) is 2.30. The summed E-state index contributed by atoms with van der Waals surface area (Å²) in [5.74, 6) is 1.33. The fourth-order valence-corrected chi connectivity index (χ4v) is 3.16. The molecule has 0 bridgehead atoms. The molecule has 0 aromatic heterocycles. The van der Waals surface area contributed by atoms with Gasteiger partial charge in [0, 0.05) is 44.6 Å². The molecule has 1 amide bonds. The molecular weight excluding hydrogens is 252 g/mol. The van der Waals surface area contributed by atoms with Crippen molar-refractivity contribution in [2.75, 3.05) is 38.7 Å². The zero-order valence-electron chi connectivity index (χ0n) is 11.1. The first-order valence-electron chi connectivity index (χ1n) is 6.24. The van der Waals surface area contributed by atoms with E-state index < -0.39 is 5.97 Å². The van der Waals surface area contributed by atoms with Crippen LogP contribution >= 0.6 is 11.8 Å². The second-order valence-electron chi connectivity index (χ2n) is 4.75. The number of hydrogen-bond donors (Lipinski definition) is 1. The van der Waals surface area contributed by atoms with Crippen molar-refractivity contribution in [3.8, 4) is 0 Å². The number of carboxylic acid groups (broad SMARTS) is 1. The van der Waals surface area contributed by atoms with Crippen LogP contribution in [-0.4, -0.2) is 71.5 Å². The Hall–Kier alpha value is -0.750. The number of carboxylic acids is 1. The summed E-state index contributed by atoms with van der Waals surface area (Å²) in [6.07, 6.45) is 1.54. The highest BCUT2D eigenvalue weighted by atomic mass is 32.2. The number of amides is 1. The van der Waals surface area contributed by atoms with Crippen molar-refractivity contribution in [3.63, 3.8) is 0 Å². The van der Waals surface area contributed by atoms with Crippen LogP contribution in [0.5, 0.6) is 0 Å². The van der Waals surface area contributed by atoms with E-state index in [4.69, 9.17) is 5.11 Å². The monoisotopic (exact) mass is 274 g/mol. The lowest BCUT2D eigenvalue weighted by Gasteiger charge is -2.34. The first-order valence-corrected chi connectivity index (χ1v) is 7.40. The van der Waals surface area contributed by atoms with Gasteiger partial charge in [-0.05, 0) is 13.0 Å². The summed E-state index contributed by atoms with van der Waals surface area (Å²) >= 11 is 1.81. The van der Waals surface area contributed by atoms with E-state index >= 15 is 0 Å². The van der Waals surface area contributed by atoms with Crippen molar-refractivity contribution >= 4 is 23.6 Å². The minimum absolute atomic E-state index is 0.121. The Labute approximate surface area is 113 Å². The van der Waals surface area contributed by atoms with Crippen molar-refractivity contribution in [2.24, 2.45) is 0 Å². The Bertz CT molecular complexity index is 297. The van der Waals surface area contributed by atoms with Gasteiger partial charge in [-0.1, -0.05) is 0 Å². The number of nitrogens with zero attached hydrogens (tertiary/aromatic N) is 2. The van der Waals surface area contributed by atoms with Gasteiger partial charge < -0.3 is 10.0 Å². The Morgan fingerprint density at radius 2 is 2.17 bits per heavy atom. The molecule has 18 heavy (non-hydrogen) atoms. The molecule has 6 heteroatoms. The van der Waals surface area contributed by atoms with Crippen LogP contribution in [0.2, 0.25) is 0 Å². The third-order valence-corrected chi connectivity index (χ3v) is 4.19. The molecule has 0 saturated carbocycles. The maximum atomic E-state index is 11.5. The fraction of sp³-hybridized carbons (Fsp3) is 0.833. The SMILES string of the molecule is CN(C)C(=O)CCCN1CCSCC1CC(=O)O. The first-order chi connectivity index (χ1) is 8.50. The zero-order chi connectivity index (χ0) is 13.5. The number of aliphatic carboxylic acids is 1. The van der Waals surface area contributed by atoms with Crippen LogP contribution in [0.15, 0.2) is 0 Å². The Morgan fingerprint density at radius 1 is 1.44 bits per heavy atom. The molecule has 1 atom stereocenters. The molecule has 1 N–H and O–H groups in total. The van der Waals surface area contributed by atoms with Crippen LogP contribution < -0.4 is 0 Å². The molecule has 1 unspecified atom stereocenters. The quantitative estimate of drug-likeness (QED) is 0.774. The molecule has 1 fully saturated rings. The molecular formula is C12H22N2O3S. The lowest BCUT2D eigenvalue weighted by molar-refractivity contribution is -0.138. The van der Waals surface area contributed by atoms with Gasteiger partial charge in [-0.15, -0.1) is 0 Å². The molecule has 5 nitrogen and oxygen atoms in total. The standard InChI is InChI=1S/C12H22N2O3S/c1-13(2)11(15)4-3-5-14-6-7-18-9-10(14)8-12(16)17/h10H,3-9H2,1-2H3,(H,16,17). The Morgan fingerprint density at radius 3 is 2.78 bits per heavy atom. The molecule has 1 aliphatic rings. The number of thioether (sulfide) groups is 1. The van der Waals surface area contributed by atoms with Crippen LogP contribution in [0.1, 0.15) is 19.3 Å². The normalized spacial score (nSPS) is 20.7. The number of carbonyl (C=O) groups excluding carboxylic acids is 1. The first kappa shape index (κ1) is 15.3. The third kappa shape index (κ3) is 5.27. The van der Waals surface area contributed by atoms with Gasteiger partial charge >= 0.3 is 5.97 Å². The van der Waals surface area contributed by atoms with Crippen molar-refractivity contribution in [1.29, 1.82) is 0 Å². The smallest absolute Gasteiger partial charge is 0.304 e. The minimum Gasteiger partial charge on any atom is -0.481 e. The fourth-order valence-electron chi connectivity index (χ4n) is 2.03. The summed E-state index contributed by atoms with van der Waals surface area (Å²) in [5, 5.41) is 8.87. The molecule has 0 aromatic rings. The number of rotatable bonds is 6. The molecule has 0 spiro atoms. The molecule has 1 rings (SSSR count). The minimum atomic E-state index is -0.739. The Balaban J connectivity index is 2.33. The van der Waals surface area contributed by atoms with Crippen LogP contribution in [-0.2, 0) is 9.59 Å². The van der Waals surface area contributed by atoms with Crippen LogP contribution in [0.4, 0.5) is 0 Å². The number of hydrogen-bond acceptors (Lipinski definition) is 4. The third-order valence-electron chi connectivity index (χ3n) is 3.09. The molecule has 1 heterocycles. The van der Waals surface area contributed by atoms with Crippen LogP contribution in [0, 0.1) is 0 Å². The van der Waals surface area contributed by atoms with Gasteiger partial charge in [-0.3, -0.25) is 14.5 Å². The predicted octanol–water partition coefficient (Wildman–Crippen LogP) is 0.747. The molecule has 1 aliphatic heterocycles. The largest absolute Gasteiger partial charge is 0.481 e. The second kappa shape index (κ2) is 7.63. The zero-order valence-corrected chi connectivity index (χ0v) is 11.9. The lowest BCUT2D eigenvalue weighted by atomic mass is 10.1. The maximum absolute atomic E-state index is 11.5. The van der Waals surface area contributed by atoms with Gasteiger partial charge in [-0.25, -0.2) is 0 Å². The molecule has 104 valence electrons. The topological polar surface area (TPSA) is 60.9 Å². The summed E-state index contributed by atoms with van der Waals surface area (Å²) in [7, 11) is 3.51. The van der Waals surface area contributed by atoms with Gasteiger partial charge in [0.25, 0.3) is 0 Å². The summed E-state index contributed by atoms with van der Waals surface area (Å²) in [5.41, 5.74) is 0. The van der Waals surface area contributed by atoms with Crippen molar-refractivity contribution in [1.82, 2.24) is 9.80 Å². The predicted molar refractivity (Wildman–Crippen MR) is 72.9 cm³/mol. The van der Waals surface area contributed by atoms with Gasteiger partial charge in [0.15, 0.2) is 0 Å². The van der Waals surface area contributed by atoms with E-state index in [0.29, 0.717) is 6.42 Å². The molecule has 0 aliphatic carbocycles. The Kier molecular flexibility index (Phi) is 6.49. The van der Waals surface area contributed by atoms with E-state index in [2.05, 4.69) is 4.90 Å². The summed E-state index contributed by atoms with van der Waals surface area (Å²) in [6.45, 7) is 1.75. The van der Waals surface area contributed by atoms with E-state index in [1.54, 1.807) is 19.0 Å².